The van der Waals surface area contributed by atoms with Crippen LogP contribution in [-0.4, -0.2) is 11.2 Å². The summed E-state index contributed by atoms with van der Waals surface area (Å²) in [6.45, 7) is 0. The predicted octanol–water partition coefficient (Wildman–Crippen LogP) is 2.91. The van der Waals surface area contributed by atoms with E-state index in [1.165, 1.54) is 18.7 Å². The summed E-state index contributed by atoms with van der Waals surface area (Å²) < 4.78 is 37.0. The summed E-state index contributed by atoms with van der Waals surface area (Å²) in [6, 6.07) is 1.15. The summed E-state index contributed by atoms with van der Waals surface area (Å²) in [5.41, 5.74) is 5.98. The van der Waals surface area contributed by atoms with E-state index < -0.39 is 12.2 Å². The van der Waals surface area contributed by atoms with Crippen molar-refractivity contribution >= 4 is 0 Å². The third-order valence-electron chi connectivity index (χ3n) is 3.04. The Balaban J connectivity index is 2.12. The molecule has 1 saturated carbocycles. The van der Waals surface area contributed by atoms with Gasteiger partial charge in [-0.3, -0.25) is 4.98 Å². The first kappa shape index (κ1) is 11.4. The number of nitrogens with two attached hydrogens (primary N) is 1. The lowest BCUT2D eigenvalue weighted by Gasteiger charge is -2.25. The van der Waals surface area contributed by atoms with Crippen LogP contribution in [-0.2, 0) is 0 Å². The standard InChI is InChI=1S/C11H13F3N2/c12-11(13,14)10(15)8-4-5-9(16-6-8)7-2-1-3-7/h4-7,10H,1-3,15H2. The van der Waals surface area contributed by atoms with E-state index in [9.17, 15) is 13.2 Å². The van der Waals surface area contributed by atoms with Crippen LogP contribution >= 0.6 is 0 Å². The molecular formula is C11H13F3N2. The Morgan fingerprint density at radius 3 is 2.38 bits per heavy atom. The maximum Gasteiger partial charge on any atom is 0.407 e. The van der Waals surface area contributed by atoms with E-state index in [0.29, 0.717) is 5.92 Å². The quantitative estimate of drug-likeness (QED) is 0.848. The van der Waals surface area contributed by atoms with Gasteiger partial charge in [-0.1, -0.05) is 12.5 Å². The first-order valence-corrected chi connectivity index (χ1v) is 5.26. The third kappa shape index (κ3) is 2.19. The van der Waals surface area contributed by atoms with Crippen molar-refractivity contribution < 1.29 is 13.2 Å². The van der Waals surface area contributed by atoms with Crippen LogP contribution in [0.25, 0.3) is 0 Å². The van der Waals surface area contributed by atoms with Crippen molar-refractivity contribution in [3.63, 3.8) is 0 Å². The maximum atomic E-state index is 12.3. The molecule has 2 rings (SSSR count). The van der Waals surface area contributed by atoms with Gasteiger partial charge in [-0.15, -0.1) is 0 Å². The summed E-state index contributed by atoms with van der Waals surface area (Å²) in [7, 11) is 0. The first-order chi connectivity index (χ1) is 7.48. The van der Waals surface area contributed by atoms with Crippen LogP contribution in [0.15, 0.2) is 18.3 Å². The lowest BCUT2D eigenvalue weighted by molar-refractivity contribution is -0.149. The van der Waals surface area contributed by atoms with Crippen LogP contribution in [0.2, 0.25) is 0 Å². The van der Waals surface area contributed by atoms with E-state index in [1.807, 2.05) is 0 Å². The second kappa shape index (κ2) is 4.05. The molecule has 1 unspecified atom stereocenters. The van der Waals surface area contributed by atoms with Crippen molar-refractivity contribution in [2.24, 2.45) is 5.73 Å². The Bertz CT molecular complexity index is 354. The molecule has 0 aromatic carbocycles. The molecule has 5 heteroatoms. The van der Waals surface area contributed by atoms with Gasteiger partial charge in [0.2, 0.25) is 0 Å². The largest absolute Gasteiger partial charge is 0.407 e. The van der Waals surface area contributed by atoms with Gasteiger partial charge in [-0.2, -0.15) is 13.2 Å². The van der Waals surface area contributed by atoms with Crippen LogP contribution in [0.1, 0.15) is 42.5 Å². The van der Waals surface area contributed by atoms with Crippen LogP contribution in [0.4, 0.5) is 13.2 Å². The molecule has 2 nitrogen and oxygen atoms in total. The highest BCUT2D eigenvalue weighted by molar-refractivity contribution is 5.21. The summed E-state index contributed by atoms with van der Waals surface area (Å²) in [4.78, 5) is 4.06. The fourth-order valence-corrected chi connectivity index (χ4v) is 1.74. The number of aromatic nitrogens is 1. The van der Waals surface area contributed by atoms with Gasteiger partial charge in [0.25, 0.3) is 0 Å². The molecule has 1 atom stereocenters. The third-order valence-corrected chi connectivity index (χ3v) is 3.04. The first-order valence-electron chi connectivity index (χ1n) is 5.26. The number of hydrogen-bond acceptors (Lipinski definition) is 2. The van der Waals surface area contributed by atoms with Gasteiger partial charge in [0, 0.05) is 17.8 Å². The molecule has 1 aliphatic carbocycles. The minimum Gasteiger partial charge on any atom is -0.316 e. The number of pyridine rings is 1. The topological polar surface area (TPSA) is 38.9 Å². The van der Waals surface area contributed by atoms with Crippen molar-refractivity contribution in [1.29, 1.82) is 0 Å². The van der Waals surface area contributed by atoms with Crippen molar-refractivity contribution in [2.75, 3.05) is 0 Å². The second-order valence-electron chi connectivity index (χ2n) is 4.16. The van der Waals surface area contributed by atoms with Crippen molar-refractivity contribution in [3.8, 4) is 0 Å². The fourth-order valence-electron chi connectivity index (χ4n) is 1.74. The molecule has 88 valence electrons. The van der Waals surface area contributed by atoms with Crippen molar-refractivity contribution in [1.82, 2.24) is 4.98 Å². The summed E-state index contributed by atoms with van der Waals surface area (Å²) in [6.07, 6.45) is 0.178. The Morgan fingerprint density at radius 2 is 2.00 bits per heavy atom. The number of halogens is 3. The Labute approximate surface area is 91.7 Å². The molecule has 0 spiro atoms. The number of hydrogen-bond donors (Lipinski definition) is 1. The normalized spacial score (nSPS) is 19.2. The summed E-state index contributed by atoms with van der Waals surface area (Å²) in [5, 5.41) is 0. The predicted molar refractivity (Wildman–Crippen MR) is 53.8 cm³/mol. The van der Waals surface area contributed by atoms with Gasteiger partial charge >= 0.3 is 6.18 Å². The Kier molecular flexibility index (Phi) is 2.88. The minimum absolute atomic E-state index is 0.0237. The van der Waals surface area contributed by atoms with Crippen LogP contribution in [0.3, 0.4) is 0 Å². The van der Waals surface area contributed by atoms with Crippen molar-refractivity contribution in [2.45, 2.75) is 37.4 Å². The smallest absolute Gasteiger partial charge is 0.316 e. The molecule has 1 aromatic rings. The number of alkyl halides is 3. The van der Waals surface area contributed by atoms with E-state index in [0.717, 1.165) is 18.5 Å². The molecular weight excluding hydrogens is 217 g/mol. The lowest BCUT2D eigenvalue weighted by Crippen LogP contribution is -2.28. The lowest BCUT2D eigenvalue weighted by atomic mass is 9.82. The van der Waals surface area contributed by atoms with Crippen molar-refractivity contribution in [3.05, 3.63) is 29.6 Å². The van der Waals surface area contributed by atoms with Crippen LogP contribution < -0.4 is 5.73 Å². The van der Waals surface area contributed by atoms with Gasteiger partial charge in [0.15, 0.2) is 0 Å². The van der Waals surface area contributed by atoms with E-state index >= 15 is 0 Å². The molecule has 0 amide bonds. The number of rotatable bonds is 2. The minimum atomic E-state index is -4.40. The summed E-state index contributed by atoms with van der Waals surface area (Å²) >= 11 is 0. The Morgan fingerprint density at radius 1 is 1.31 bits per heavy atom. The molecule has 16 heavy (non-hydrogen) atoms. The number of nitrogens with zero attached hydrogens (tertiary/aromatic N) is 1. The van der Waals surface area contributed by atoms with Gasteiger partial charge < -0.3 is 5.73 Å². The zero-order chi connectivity index (χ0) is 11.8. The molecule has 0 bridgehead atoms. The fraction of sp³-hybridized carbons (Fsp3) is 0.545. The SMILES string of the molecule is NC(c1ccc(C2CCC2)nc1)C(F)(F)F. The molecule has 1 fully saturated rings. The van der Waals surface area contributed by atoms with E-state index in [1.54, 1.807) is 6.07 Å². The van der Waals surface area contributed by atoms with E-state index in [2.05, 4.69) is 4.98 Å². The van der Waals surface area contributed by atoms with Crippen LogP contribution in [0.5, 0.6) is 0 Å². The van der Waals surface area contributed by atoms with Gasteiger partial charge in [0.05, 0.1) is 0 Å². The molecule has 0 radical (unpaired) electrons. The highest BCUT2D eigenvalue weighted by Gasteiger charge is 2.38. The Hall–Kier alpha value is -1.10. The highest BCUT2D eigenvalue weighted by atomic mass is 19.4. The van der Waals surface area contributed by atoms with Crippen LogP contribution in [0, 0.1) is 0 Å². The average Bonchev–Trinajstić information content (AvgIpc) is 2.14. The second-order valence-corrected chi connectivity index (χ2v) is 4.16. The summed E-state index contributed by atoms with van der Waals surface area (Å²) in [5.74, 6) is 0.427. The highest BCUT2D eigenvalue weighted by Crippen LogP contribution is 2.36. The average molecular weight is 230 g/mol. The molecule has 1 aromatic heterocycles. The van der Waals surface area contributed by atoms with Gasteiger partial charge in [0.1, 0.15) is 6.04 Å². The van der Waals surface area contributed by atoms with E-state index in [4.69, 9.17) is 5.73 Å². The zero-order valence-corrected chi connectivity index (χ0v) is 8.67. The monoisotopic (exact) mass is 230 g/mol. The van der Waals surface area contributed by atoms with Gasteiger partial charge in [-0.05, 0) is 24.5 Å². The molecule has 0 saturated heterocycles. The zero-order valence-electron chi connectivity index (χ0n) is 8.67. The van der Waals surface area contributed by atoms with Gasteiger partial charge in [-0.25, -0.2) is 0 Å². The molecule has 2 N–H and O–H groups in total. The van der Waals surface area contributed by atoms with E-state index in [-0.39, 0.29) is 5.56 Å². The molecule has 1 heterocycles. The molecule has 1 aliphatic rings. The maximum absolute atomic E-state index is 12.3. The molecule has 0 aliphatic heterocycles.